The molecule has 2 saturated carbocycles. The Balaban J connectivity index is 1.52. The fourth-order valence-electron chi connectivity index (χ4n) is 5.15. The van der Waals surface area contributed by atoms with Gasteiger partial charge in [-0.2, -0.15) is 4.98 Å². The van der Waals surface area contributed by atoms with Gasteiger partial charge in [-0.15, -0.1) is 0 Å². The quantitative estimate of drug-likeness (QED) is 0.507. The van der Waals surface area contributed by atoms with Crippen LogP contribution in [0, 0.1) is 12.3 Å². The predicted molar refractivity (Wildman–Crippen MR) is 133 cm³/mol. The molecule has 0 radical (unpaired) electrons. The number of aromatic nitrogens is 3. The van der Waals surface area contributed by atoms with E-state index in [-0.39, 0.29) is 33.0 Å². The number of nitrogens with zero attached hydrogens (tertiary/aromatic N) is 3. The molecule has 3 aromatic rings. The van der Waals surface area contributed by atoms with E-state index in [4.69, 9.17) is 16.6 Å². The Morgan fingerprint density at radius 1 is 1.21 bits per heavy atom. The van der Waals surface area contributed by atoms with E-state index in [1.54, 1.807) is 48.9 Å². The number of hydrogen-bond donors (Lipinski definition) is 2. The van der Waals surface area contributed by atoms with Crippen LogP contribution in [0.15, 0.2) is 40.2 Å². The first-order valence-electron chi connectivity index (χ1n) is 11.6. The average molecular weight is 502 g/mol. The highest BCUT2D eigenvalue weighted by molar-refractivity contribution is 7.89. The second-order valence-electron chi connectivity index (χ2n) is 9.79. The lowest BCUT2D eigenvalue weighted by Crippen LogP contribution is -2.30. The number of anilines is 2. The third kappa shape index (κ3) is 4.10. The molecular weight excluding hydrogens is 474 g/mol. The van der Waals surface area contributed by atoms with Crippen molar-refractivity contribution in [1.82, 2.24) is 19.3 Å². The van der Waals surface area contributed by atoms with Crippen LogP contribution in [0.4, 0.5) is 11.6 Å². The van der Waals surface area contributed by atoms with Gasteiger partial charge >= 0.3 is 0 Å². The van der Waals surface area contributed by atoms with Crippen molar-refractivity contribution in [1.29, 1.82) is 0 Å². The maximum absolute atomic E-state index is 13.1. The molecule has 0 bridgehead atoms. The SMILES string of the molecule is Cc1cc(S(=O)(=O)NC(C)C)ccc1Nc1ncc2cc(Cl)c(=O)n(C3CCCC34CC4)c2n1. The van der Waals surface area contributed by atoms with Crippen molar-refractivity contribution in [3.63, 3.8) is 0 Å². The van der Waals surface area contributed by atoms with Gasteiger partial charge in [0.2, 0.25) is 16.0 Å². The fourth-order valence-corrected chi connectivity index (χ4v) is 6.69. The first-order valence-corrected chi connectivity index (χ1v) is 13.4. The van der Waals surface area contributed by atoms with Crippen molar-refractivity contribution in [3.8, 4) is 0 Å². The predicted octanol–water partition coefficient (Wildman–Crippen LogP) is 4.69. The minimum Gasteiger partial charge on any atom is -0.324 e. The van der Waals surface area contributed by atoms with Crippen LogP contribution >= 0.6 is 11.6 Å². The van der Waals surface area contributed by atoms with Gasteiger partial charge in [0.25, 0.3) is 5.56 Å². The summed E-state index contributed by atoms with van der Waals surface area (Å²) in [5, 5.41) is 4.09. The smallest absolute Gasteiger partial charge is 0.271 e. The molecule has 2 N–H and O–H groups in total. The average Bonchev–Trinajstić information content (AvgIpc) is 3.42. The lowest BCUT2D eigenvalue weighted by atomic mass is 10.00. The first-order chi connectivity index (χ1) is 16.1. The Kier molecular flexibility index (Phi) is 5.69. The van der Waals surface area contributed by atoms with Crippen molar-refractivity contribution in [3.05, 3.63) is 51.4 Å². The molecule has 8 nitrogen and oxygen atoms in total. The van der Waals surface area contributed by atoms with Gasteiger partial charge in [-0.1, -0.05) is 18.0 Å². The van der Waals surface area contributed by atoms with Crippen LogP contribution in [-0.2, 0) is 10.0 Å². The Morgan fingerprint density at radius 3 is 2.65 bits per heavy atom. The van der Waals surface area contributed by atoms with Gasteiger partial charge in [-0.05, 0) is 81.7 Å². The van der Waals surface area contributed by atoms with E-state index in [1.165, 1.54) is 0 Å². The van der Waals surface area contributed by atoms with Crippen LogP contribution in [0.5, 0.6) is 0 Å². The maximum atomic E-state index is 13.1. The third-order valence-corrected chi connectivity index (χ3v) is 8.86. The van der Waals surface area contributed by atoms with E-state index in [2.05, 4.69) is 15.0 Å². The molecule has 1 unspecified atom stereocenters. The van der Waals surface area contributed by atoms with Crippen LogP contribution < -0.4 is 15.6 Å². The second kappa shape index (κ2) is 8.32. The van der Waals surface area contributed by atoms with Crippen molar-refractivity contribution in [2.24, 2.45) is 5.41 Å². The maximum Gasteiger partial charge on any atom is 0.271 e. The van der Waals surface area contributed by atoms with Crippen molar-refractivity contribution >= 4 is 44.3 Å². The molecule has 5 rings (SSSR count). The van der Waals surface area contributed by atoms with Crippen LogP contribution in [0.25, 0.3) is 11.0 Å². The summed E-state index contributed by atoms with van der Waals surface area (Å²) in [5.74, 6) is 0.338. The topological polar surface area (TPSA) is 106 Å². The molecule has 0 amide bonds. The molecule has 10 heteroatoms. The van der Waals surface area contributed by atoms with Gasteiger partial charge in [0, 0.05) is 29.4 Å². The standard InChI is InChI=1S/C24H28ClN5O3S/c1-14(2)29-34(32,33)17-6-7-19(15(3)11-17)27-23-26-13-16-12-18(25)22(31)30(21(16)28-23)20-5-4-8-24(20)9-10-24/h6-7,11-14,20,29H,4-5,8-10H2,1-3H3,(H,26,27,28). The molecule has 2 heterocycles. The summed E-state index contributed by atoms with van der Waals surface area (Å²) in [5.41, 5.74) is 1.98. The molecule has 2 aliphatic carbocycles. The van der Waals surface area contributed by atoms with Crippen molar-refractivity contribution in [2.75, 3.05) is 5.32 Å². The number of benzene rings is 1. The number of halogens is 1. The molecule has 1 atom stereocenters. The summed E-state index contributed by atoms with van der Waals surface area (Å²) in [4.78, 5) is 22.4. The zero-order valence-electron chi connectivity index (χ0n) is 19.4. The number of pyridine rings is 1. The minimum atomic E-state index is -3.59. The highest BCUT2D eigenvalue weighted by Crippen LogP contribution is 2.63. The molecule has 2 fully saturated rings. The molecule has 1 aromatic carbocycles. The first kappa shape index (κ1) is 23.3. The lowest BCUT2D eigenvalue weighted by Gasteiger charge is -2.23. The number of aryl methyl sites for hydroxylation is 1. The molecule has 1 spiro atoms. The van der Waals surface area contributed by atoms with E-state index in [1.807, 2.05) is 6.92 Å². The van der Waals surface area contributed by atoms with Gasteiger partial charge in [0.15, 0.2) is 0 Å². The number of rotatable bonds is 6. The van der Waals surface area contributed by atoms with E-state index < -0.39 is 10.0 Å². The van der Waals surface area contributed by atoms with Gasteiger partial charge in [0.05, 0.1) is 4.90 Å². The Hall–Kier alpha value is -2.49. The van der Waals surface area contributed by atoms with E-state index >= 15 is 0 Å². The van der Waals surface area contributed by atoms with Crippen LogP contribution in [0.1, 0.15) is 57.6 Å². The fraction of sp³-hybridized carbons (Fsp3) is 0.458. The largest absolute Gasteiger partial charge is 0.324 e. The molecule has 34 heavy (non-hydrogen) atoms. The summed E-state index contributed by atoms with van der Waals surface area (Å²) >= 11 is 6.30. The van der Waals surface area contributed by atoms with Crippen molar-refractivity contribution < 1.29 is 8.42 Å². The third-order valence-electron chi connectivity index (χ3n) is 6.94. The van der Waals surface area contributed by atoms with E-state index in [0.717, 1.165) is 43.1 Å². The van der Waals surface area contributed by atoms with E-state index in [9.17, 15) is 13.2 Å². The van der Waals surface area contributed by atoms with Crippen LogP contribution in [-0.4, -0.2) is 29.0 Å². The molecule has 2 aromatic heterocycles. The van der Waals surface area contributed by atoms with Gasteiger partial charge in [-0.25, -0.2) is 18.1 Å². The van der Waals surface area contributed by atoms with E-state index in [0.29, 0.717) is 17.3 Å². The van der Waals surface area contributed by atoms with Crippen LogP contribution in [0.2, 0.25) is 5.02 Å². The molecule has 0 aliphatic heterocycles. The second-order valence-corrected chi connectivity index (χ2v) is 11.9. The normalized spacial score (nSPS) is 19.3. The zero-order chi connectivity index (χ0) is 24.3. The summed E-state index contributed by atoms with van der Waals surface area (Å²) in [6.45, 7) is 5.38. The highest BCUT2D eigenvalue weighted by Gasteiger charge is 2.53. The van der Waals surface area contributed by atoms with Gasteiger partial charge < -0.3 is 5.32 Å². The minimum absolute atomic E-state index is 0.101. The van der Waals surface area contributed by atoms with Crippen LogP contribution in [0.3, 0.4) is 0 Å². The number of hydrogen-bond acceptors (Lipinski definition) is 6. The number of fused-ring (bicyclic) bond motifs is 1. The van der Waals surface area contributed by atoms with Crippen molar-refractivity contribution in [2.45, 2.75) is 69.9 Å². The molecule has 0 saturated heterocycles. The Labute approximate surface area is 203 Å². The Morgan fingerprint density at radius 2 is 1.97 bits per heavy atom. The van der Waals surface area contributed by atoms with Gasteiger partial charge in [-0.3, -0.25) is 9.36 Å². The zero-order valence-corrected chi connectivity index (χ0v) is 21.0. The number of sulfonamides is 1. The number of nitrogens with one attached hydrogen (secondary N) is 2. The van der Waals surface area contributed by atoms with Gasteiger partial charge in [0.1, 0.15) is 10.7 Å². The molecular formula is C24H28ClN5O3S. The highest BCUT2D eigenvalue weighted by atomic mass is 35.5. The lowest BCUT2D eigenvalue weighted by molar-refractivity contribution is 0.358. The summed E-state index contributed by atoms with van der Waals surface area (Å²) in [6, 6.07) is 6.38. The summed E-state index contributed by atoms with van der Waals surface area (Å²) in [6.07, 6.45) is 7.11. The summed E-state index contributed by atoms with van der Waals surface area (Å²) in [7, 11) is -3.59. The molecule has 2 aliphatic rings. The summed E-state index contributed by atoms with van der Waals surface area (Å²) < 4.78 is 29.4. The monoisotopic (exact) mass is 501 g/mol. The Bertz CT molecular complexity index is 1450. The molecule has 180 valence electrons.